The first-order valence-corrected chi connectivity index (χ1v) is 11.0. The maximum absolute atomic E-state index is 12.7. The molecule has 2 rings (SSSR count). The van der Waals surface area contributed by atoms with Crippen molar-refractivity contribution < 1.29 is 43.5 Å². The quantitative estimate of drug-likeness (QED) is 0.149. The smallest absolute Gasteiger partial charge is 0.344 e. The van der Waals surface area contributed by atoms with Gasteiger partial charge in [-0.25, -0.2) is 14.0 Å². The van der Waals surface area contributed by atoms with E-state index in [0.29, 0.717) is 16.4 Å². The predicted octanol–water partition coefficient (Wildman–Crippen LogP) is 2.89. The summed E-state index contributed by atoms with van der Waals surface area (Å²) in [7, 11) is 2.23. The van der Waals surface area contributed by atoms with Crippen molar-refractivity contribution in [3.05, 3.63) is 73.6 Å². The molecule has 0 saturated carbocycles. The molecule has 0 aliphatic heterocycles. The van der Waals surface area contributed by atoms with Gasteiger partial charge >= 0.3 is 11.9 Å². The SMILES string of the molecule is COC(=O)c1cc(F)ccc1[N+](=O)[O-].COC(=O)c1cc(SCCO)ccc1[N+](=O)[O-].OCCS. The molecule has 12 nitrogen and oxygen atoms in total. The monoisotopic (exact) mass is 534 g/mol. The zero-order valence-electron chi connectivity index (χ0n) is 18.6. The average molecular weight is 535 g/mol. The molecule has 0 radical (unpaired) electrons. The Morgan fingerprint density at radius 1 is 0.943 bits per heavy atom. The minimum absolute atomic E-state index is 0.00475. The Hall–Kier alpha value is -3.27. The Morgan fingerprint density at radius 3 is 1.80 bits per heavy atom. The van der Waals surface area contributed by atoms with Gasteiger partial charge in [-0.1, -0.05) is 0 Å². The Labute approximate surface area is 208 Å². The molecule has 35 heavy (non-hydrogen) atoms. The first-order chi connectivity index (χ1) is 16.6. The van der Waals surface area contributed by atoms with Crippen LogP contribution in [0.1, 0.15) is 20.7 Å². The third kappa shape index (κ3) is 11.1. The van der Waals surface area contributed by atoms with Crippen LogP contribution in [0.25, 0.3) is 0 Å². The lowest BCUT2D eigenvalue weighted by Crippen LogP contribution is -2.06. The van der Waals surface area contributed by atoms with E-state index in [0.717, 1.165) is 25.3 Å². The van der Waals surface area contributed by atoms with Crippen molar-refractivity contribution in [2.24, 2.45) is 0 Å². The Kier molecular flexibility index (Phi) is 15.6. The molecule has 0 amide bonds. The molecule has 0 spiro atoms. The number of esters is 2. The number of hydrogen-bond donors (Lipinski definition) is 3. The summed E-state index contributed by atoms with van der Waals surface area (Å²) in [6.07, 6.45) is 0. The fourth-order valence-corrected chi connectivity index (χ4v) is 2.83. The first-order valence-electron chi connectivity index (χ1n) is 9.42. The fraction of sp³-hybridized carbons (Fsp3) is 0.300. The van der Waals surface area contributed by atoms with Gasteiger partial charge in [0.15, 0.2) is 0 Å². The van der Waals surface area contributed by atoms with Gasteiger partial charge in [-0.2, -0.15) is 12.6 Å². The van der Waals surface area contributed by atoms with Gasteiger partial charge in [0, 0.05) is 28.5 Å². The molecule has 0 heterocycles. The van der Waals surface area contributed by atoms with Crippen LogP contribution >= 0.6 is 24.4 Å². The molecule has 0 fully saturated rings. The largest absolute Gasteiger partial charge is 0.465 e. The molecule has 192 valence electrons. The molecule has 0 aromatic heterocycles. The van der Waals surface area contributed by atoms with Crippen molar-refractivity contribution in [1.29, 1.82) is 0 Å². The number of carbonyl (C=O) groups excluding carboxylic acids is 2. The molecule has 0 aliphatic rings. The van der Waals surface area contributed by atoms with Gasteiger partial charge < -0.3 is 19.7 Å². The summed E-state index contributed by atoms with van der Waals surface area (Å²) in [5.74, 6) is -1.38. The lowest BCUT2D eigenvalue weighted by Gasteiger charge is -2.04. The van der Waals surface area contributed by atoms with Crippen LogP contribution in [-0.4, -0.2) is 70.9 Å². The Balaban J connectivity index is 0.000000581. The highest BCUT2D eigenvalue weighted by molar-refractivity contribution is 7.99. The average Bonchev–Trinajstić information content (AvgIpc) is 2.86. The Morgan fingerprint density at radius 2 is 1.40 bits per heavy atom. The Bertz CT molecular complexity index is 1020. The second kappa shape index (κ2) is 17.2. The molecule has 2 aromatic carbocycles. The number of nitro groups is 2. The van der Waals surface area contributed by atoms with Crippen LogP contribution in [0.2, 0.25) is 0 Å². The van der Waals surface area contributed by atoms with E-state index in [1.165, 1.54) is 37.1 Å². The van der Waals surface area contributed by atoms with E-state index in [4.69, 9.17) is 10.2 Å². The molecule has 2 N–H and O–H groups in total. The number of rotatable bonds is 8. The number of nitrogens with zero attached hydrogens (tertiary/aromatic N) is 2. The second-order valence-electron chi connectivity index (χ2n) is 5.86. The van der Waals surface area contributed by atoms with Gasteiger partial charge in [-0.05, 0) is 24.3 Å². The highest BCUT2D eigenvalue weighted by atomic mass is 32.2. The number of benzene rings is 2. The van der Waals surface area contributed by atoms with E-state index in [-0.39, 0.29) is 24.5 Å². The van der Waals surface area contributed by atoms with E-state index >= 15 is 0 Å². The van der Waals surface area contributed by atoms with Crippen molar-refractivity contribution in [2.75, 3.05) is 38.9 Å². The van der Waals surface area contributed by atoms with Gasteiger partial charge in [0.1, 0.15) is 16.9 Å². The standard InChI is InChI=1S/C10H11NO5S.C8H6FNO4.C2H6OS/c1-16-10(13)8-6-7(17-5-4-12)2-3-9(8)11(14)15;1-14-8(11)6-4-5(9)2-3-7(6)10(12)13;3-1-2-4/h2-3,6,12H,4-5H2,1H3;2-4H,1H3;3-4H,1-2H2. The van der Waals surface area contributed by atoms with Gasteiger partial charge in [-0.15, -0.1) is 11.8 Å². The number of carbonyl (C=O) groups is 2. The van der Waals surface area contributed by atoms with E-state index in [1.807, 2.05) is 0 Å². The van der Waals surface area contributed by atoms with Gasteiger partial charge in [0.25, 0.3) is 11.4 Å². The van der Waals surface area contributed by atoms with Crippen molar-refractivity contribution in [2.45, 2.75) is 4.90 Å². The van der Waals surface area contributed by atoms with Gasteiger partial charge in [0.05, 0.1) is 37.3 Å². The number of halogens is 1. The fourth-order valence-electron chi connectivity index (χ4n) is 2.14. The molecule has 0 atom stereocenters. The molecular weight excluding hydrogens is 511 g/mol. The van der Waals surface area contributed by atoms with Crippen molar-refractivity contribution >= 4 is 47.7 Å². The van der Waals surface area contributed by atoms with Crippen LogP contribution in [0.3, 0.4) is 0 Å². The number of aliphatic hydroxyl groups excluding tert-OH is 2. The zero-order chi connectivity index (χ0) is 27.0. The highest BCUT2D eigenvalue weighted by Crippen LogP contribution is 2.26. The normalized spacial score (nSPS) is 9.54. The summed E-state index contributed by atoms with van der Waals surface area (Å²) in [6.45, 7) is 0.179. The first kappa shape index (κ1) is 31.7. The summed E-state index contributed by atoms with van der Waals surface area (Å²) < 4.78 is 21.4. The molecule has 0 saturated heterocycles. The number of thioether (sulfide) groups is 1. The third-order valence-electron chi connectivity index (χ3n) is 3.59. The minimum Gasteiger partial charge on any atom is -0.465 e. The number of nitro benzene ring substituents is 2. The summed E-state index contributed by atoms with van der Waals surface area (Å²) >= 11 is 4.97. The molecular formula is C20H23FN2O10S2. The van der Waals surface area contributed by atoms with E-state index in [9.17, 15) is 34.2 Å². The van der Waals surface area contributed by atoms with Crippen molar-refractivity contribution in [3.8, 4) is 0 Å². The topological polar surface area (TPSA) is 179 Å². The van der Waals surface area contributed by atoms with Crippen LogP contribution in [0.15, 0.2) is 41.3 Å². The molecule has 2 aromatic rings. The number of hydrogen-bond acceptors (Lipinski definition) is 12. The number of methoxy groups -OCH3 is 2. The number of ether oxygens (including phenoxy) is 2. The second-order valence-corrected chi connectivity index (χ2v) is 7.47. The lowest BCUT2D eigenvalue weighted by molar-refractivity contribution is -0.385. The third-order valence-corrected chi connectivity index (χ3v) is 4.76. The summed E-state index contributed by atoms with van der Waals surface area (Å²) in [6, 6.07) is 6.78. The van der Waals surface area contributed by atoms with Crippen LogP contribution in [0, 0.1) is 26.0 Å². The molecule has 15 heteroatoms. The maximum Gasteiger partial charge on any atom is 0.344 e. The number of thiol groups is 1. The van der Waals surface area contributed by atoms with Crippen LogP contribution in [0.4, 0.5) is 15.8 Å². The van der Waals surface area contributed by atoms with E-state index < -0.39 is 38.9 Å². The van der Waals surface area contributed by atoms with Crippen LogP contribution < -0.4 is 0 Å². The van der Waals surface area contributed by atoms with Gasteiger partial charge in [0.2, 0.25) is 0 Å². The van der Waals surface area contributed by atoms with Gasteiger partial charge in [-0.3, -0.25) is 20.2 Å². The summed E-state index contributed by atoms with van der Waals surface area (Å²) in [4.78, 5) is 42.8. The number of aliphatic hydroxyl groups is 2. The summed E-state index contributed by atoms with van der Waals surface area (Å²) in [5.41, 5.74) is -1.23. The molecule has 0 bridgehead atoms. The molecule has 0 aliphatic carbocycles. The van der Waals surface area contributed by atoms with Crippen LogP contribution in [0.5, 0.6) is 0 Å². The van der Waals surface area contributed by atoms with E-state index in [2.05, 4.69) is 22.1 Å². The van der Waals surface area contributed by atoms with E-state index in [1.54, 1.807) is 0 Å². The summed E-state index contributed by atoms with van der Waals surface area (Å²) in [5, 5.41) is 37.6. The molecule has 0 unspecified atom stereocenters. The maximum atomic E-state index is 12.7. The predicted molar refractivity (Wildman–Crippen MR) is 128 cm³/mol. The lowest BCUT2D eigenvalue weighted by atomic mass is 10.2. The zero-order valence-corrected chi connectivity index (χ0v) is 20.3. The van der Waals surface area contributed by atoms with Crippen LogP contribution in [-0.2, 0) is 9.47 Å². The minimum atomic E-state index is -0.934. The van der Waals surface area contributed by atoms with Crippen molar-refractivity contribution in [3.63, 3.8) is 0 Å². The highest BCUT2D eigenvalue weighted by Gasteiger charge is 2.22. The van der Waals surface area contributed by atoms with Crippen molar-refractivity contribution in [1.82, 2.24) is 0 Å².